The third-order valence-electron chi connectivity index (χ3n) is 3.37. The maximum atomic E-state index is 13.8. The quantitative estimate of drug-likeness (QED) is 0.297. The number of urea groups is 1. The molecule has 12 heteroatoms. The van der Waals surface area contributed by atoms with Crippen molar-refractivity contribution < 1.29 is 40.2 Å². The number of hydrogen-bond donors (Lipinski definition) is 0. The van der Waals surface area contributed by atoms with Crippen molar-refractivity contribution in [3.8, 4) is 0 Å². The monoisotopic (exact) mass is 388 g/mol. The molecular formula is C13H17F5N2O4Si. The Morgan fingerprint density at radius 2 is 1.60 bits per heavy atom. The van der Waals surface area contributed by atoms with Crippen molar-refractivity contribution >= 4 is 20.5 Å². The summed E-state index contributed by atoms with van der Waals surface area (Å²) < 4.78 is 82.2. The number of nitrogens with zero attached hydrogens (tertiary/aromatic N) is 2. The highest BCUT2D eigenvalue weighted by molar-refractivity contribution is 6.60. The van der Waals surface area contributed by atoms with Gasteiger partial charge < -0.3 is 13.3 Å². The largest absolute Gasteiger partial charge is 0.500 e. The average Bonchev–Trinajstić information content (AvgIpc) is 2.62. The van der Waals surface area contributed by atoms with E-state index in [1.54, 1.807) is 0 Å². The molecule has 0 heterocycles. The van der Waals surface area contributed by atoms with E-state index in [2.05, 4.69) is 0 Å². The van der Waals surface area contributed by atoms with Gasteiger partial charge in [0.1, 0.15) is 5.69 Å². The molecule has 0 aliphatic rings. The van der Waals surface area contributed by atoms with Crippen molar-refractivity contribution in [1.82, 2.24) is 5.12 Å². The van der Waals surface area contributed by atoms with E-state index in [1.807, 2.05) is 0 Å². The predicted molar refractivity (Wildman–Crippen MR) is 79.3 cm³/mol. The maximum Gasteiger partial charge on any atom is 0.500 e. The van der Waals surface area contributed by atoms with Gasteiger partial charge in [-0.25, -0.2) is 18.0 Å². The van der Waals surface area contributed by atoms with Gasteiger partial charge in [0.05, 0.1) is 6.54 Å². The van der Waals surface area contributed by atoms with E-state index in [-0.39, 0.29) is 12.5 Å². The first-order valence-corrected chi connectivity index (χ1v) is 8.88. The Hall–Kier alpha value is -1.76. The number of amides is 2. The molecule has 1 aromatic carbocycles. The lowest BCUT2D eigenvalue weighted by Gasteiger charge is -2.25. The number of hydrogen-bond acceptors (Lipinski definition) is 4. The van der Waals surface area contributed by atoms with Crippen LogP contribution in [0.4, 0.5) is 32.6 Å². The van der Waals surface area contributed by atoms with Gasteiger partial charge >= 0.3 is 14.8 Å². The van der Waals surface area contributed by atoms with E-state index in [1.165, 1.54) is 21.3 Å². The van der Waals surface area contributed by atoms with E-state index < -0.39 is 54.8 Å². The molecule has 1 rings (SSSR count). The molecule has 0 unspecified atom stereocenters. The minimum absolute atomic E-state index is 0.0158. The van der Waals surface area contributed by atoms with Gasteiger partial charge in [-0.15, -0.1) is 5.12 Å². The smallest absolute Gasteiger partial charge is 0.377 e. The summed E-state index contributed by atoms with van der Waals surface area (Å²) in [5.41, 5.74) is -1.25. The van der Waals surface area contributed by atoms with Crippen LogP contribution in [0, 0.1) is 17.5 Å². The summed E-state index contributed by atoms with van der Waals surface area (Å²) in [6, 6.07) is -0.899. The van der Waals surface area contributed by atoms with Gasteiger partial charge in [0.15, 0.2) is 17.5 Å². The molecule has 0 aromatic heterocycles. The van der Waals surface area contributed by atoms with Crippen LogP contribution in [0.25, 0.3) is 0 Å². The number of carbonyl (C=O) groups excluding carboxylic acids is 1. The van der Waals surface area contributed by atoms with E-state index in [0.717, 1.165) is 0 Å². The third-order valence-corrected chi connectivity index (χ3v) is 6.20. The minimum atomic E-state index is -3.00. The molecule has 0 spiro atoms. The molecule has 0 aliphatic heterocycles. The molecule has 6 nitrogen and oxygen atoms in total. The fraction of sp³-hybridized carbons (Fsp3) is 0.462. The first kappa shape index (κ1) is 21.3. The fourth-order valence-electron chi connectivity index (χ4n) is 1.95. The SMILES string of the molecule is CO[Si](CCCN(F)C(=O)N(F)c1ccc(F)c(F)c1F)(OC)OC. The van der Waals surface area contributed by atoms with Gasteiger partial charge in [-0.2, -0.15) is 5.12 Å². The number of halogens is 5. The molecule has 0 radical (unpaired) electrons. The van der Waals surface area contributed by atoms with Crippen molar-refractivity contribution in [2.45, 2.75) is 12.5 Å². The highest BCUT2D eigenvalue weighted by Gasteiger charge is 2.37. The molecule has 0 aliphatic carbocycles. The van der Waals surface area contributed by atoms with Gasteiger partial charge in [0, 0.05) is 27.4 Å². The zero-order chi connectivity index (χ0) is 19.2. The highest BCUT2D eigenvalue weighted by Crippen LogP contribution is 2.25. The van der Waals surface area contributed by atoms with Crippen LogP contribution in [0.1, 0.15) is 6.42 Å². The Morgan fingerprint density at radius 3 is 2.12 bits per heavy atom. The van der Waals surface area contributed by atoms with Gasteiger partial charge in [0.2, 0.25) is 0 Å². The van der Waals surface area contributed by atoms with E-state index in [0.29, 0.717) is 12.1 Å². The number of rotatable bonds is 8. The minimum Gasteiger partial charge on any atom is -0.377 e. The summed E-state index contributed by atoms with van der Waals surface area (Å²) in [5.74, 6) is -5.50. The molecular weight excluding hydrogens is 371 g/mol. The first-order chi connectivity index (χ1) is 11.7. The van der Waals surface area contributed by atoms with Crippen LogP contribution in [0.3, 0.4) is 0 Å². The summed E-state index contributed by atoms with van der Waals surface area (Å²) in [7, 11) is 1.02. The van der Waals surface area contributed by atoms with Crippen molar-refractivity contribution in [2.75, 3.05) is 33.0 Å². The lowest BCUT2D eigenvalue weighted by atomic mass is 10.3. The van der Waals surface area contributed by atoms with Gasteiger partial charge in [-0.05, 0) is 18.6 Å². The summed E-state index contributed by atoms with van der Waals surface area (Å²) >= 11 is 0. The first-order valence-electron chi connectivity index (χ1n) is 6.95. The number of anilines is 1. The maximum absolute atomic E-state index is 13.8. The Balaban J connectivity index is 2.72. The van der Waals surface area contributed by atoms with Crippen LogP contribution >= 0.6 is 0 Å². The Labute approximate surface area is 141 Å². The number of benzene rings is 1. The van der Waals surface area contributed by atoms with Crippen LogP contribution in [0.15, 0.2) is 12.1 Å². The normalized spacial score (nSPS) is 11.5. The molecule has 0 fully saturated rings. The Morgan fingerprint density at radius 1 is 1.04 bits per heavy atom. The lowest BCUT2D eigenvalue weighted by Crippen LogP contribution is -2.43. The number of carbonyl (C=O) groups is 1. The second-order valence-electron chi connectivity index (χ2n) is 4.74. The van der Waals surface area contributed by atoms with Crippen LogP contribution in [-0.2, 0) is 13.3 Å². The summed E-state index contributed by atoms with van der Waals surface area (Å²) in [6.07, 6.45) is -0.0158. The van der Waals surface area contributed by atoms with Crippen molar-refractivity contribution in [1.29, 1.82) is 0 Å². The van der Waals surface area contributed by atoms with E-state index in [9.17, 15) is 26.9 Å². The molecule has 0 saturated carbocycles. The van der Waals surface area contributed by atoms with E-state index in [4.69, 9.17) is 13.3 Å². The third kappa shape index (κ3) is 4.87. The van der Waals surface area contributed by atoms with Crippen molar-refractivity contribution in [2.24, 2.45) is 0 Å². The van der Waals surface area contributed by atoms with Crippen molar-refractivity contribution in [3.63, 3.8) is 0 Å². The molecule has 2 amide bonds. The molecule has 0 atom stereocenters. The lowest BCUT2D eigenvalue weighted by molar-refractivity contribution is 0.0605. The average molecular weight is 388 g/mol. The Kier molecular flexibility index (Phi) is 7.73. The molecule has 25 heavy (non-hydrogen) atoms. The topological polar surface area (TPSA) is 51.2 Å². The zero-order valence-electron chi connectivity index (χ0n) is 13.7. The molecule has 142 valence electrons. The molecule has 0 bridgehead atoms. The fourth-order valence-corrected chi connectivity index (χ4v) is 3.66. The van der Waals surface area contributed by atoms with Gasteiger partial charge in [-0.3, -0.25) is 0 Å². The van der Waals surface area contributed by atoms with Gasteiger partial charge in [-0.1, -0.05) is 8.96 Å². The second-order valence-corrected chi connectivity index (χ2v) is 7.83. The van der Waals surface area contributed by atoms with Crippen LogP contribution in [-0.4, -0.2) is 47.8 Å². The highest BCUT2D eigenvalue weighted by atomic mass is 28.4. The summed E-state index contributed by atoms with van der Waals surface area (Å²) in [6.45, 7) is -0.588. The van der Waals surface area contributed by atoms with Crippen LogP contribution < -0.4 is 5.12 Å². The molecule has 1 aromatic rings. The van der Waals surface area contributed by atoms with Gasteiger partial charge in [0.25, 0.3) is 0 Å². The standard InChI is InChI=1S/C13H17F5N2O4Si/c1-22-25(23-2,24-3)8-4-7-19(17)13(21)20(18)10-6-5-9(14)11(15)12(10)16/h5-6H,4,7-8H2,1-3H3. The molecule has 0 N–H and O–H groups in total. The zero-order valence-corrected chi connectivity index (χ0v) is 14.7. The second kappa shape index (κ2) is 9.08. The van der Waals surface area contributed by atoms with Crippen LogP contribution in [0.5, 0.6) is 0 Å². The predicted octanol–water partition coefficient (Wildman–Crippen LogP) is 3.37. The van der Waals surface area contributed by atoms with E-state index >= 15 is 0 Å². The van der Waals surface area contributed by atoms with Crippen molar-refractivity contribution in [3.05, 3.63) is 29.6 Å². The van der Waals surface area contributed by atoms with Crippen LogP contribution in [0.2, 0.25) is 6.04 Å². The summed E-state index contributed by atoms with van der Waals surface area (Å²) in [4.78, 5) is 11.6. The molecule has 0 saturated heterocycles. The summed E-state index contributed by atoms with van der Waals surface area (Å²) in [5, 5.41) is -1.49. The Bertz CT molecular complexity index is 598.